The van der Waals surface area contributed by atoms with Crippen LogP contribution in [0, 0.1) is 17.8 Å². The summed E-state index contributed by atoms with van der Waals surface area (Å²) in [5.41, 5.74) is 1.96. The number of benzene rings is 2. The zero-order valence-corrected chi connectivity index (χ0v) is 21.4. The van der Waals surface area contributed by atoms with Gasteiger partial charge in [-0.25, -0.2) is 9.69 Å². The number of hydrogen-bond donors (Lipinski definition) is 2. The van der Waals surface area contributed by atoms with Crippen molar-refractivity contribution >= 4 is 12.0 Å². The highest BCUT2D eigenvalue weighted by Gasteiger charge is 2.43. The van der Waals surface area contributed by atoms with E-state index < -0.39 is 42.1 Å². The monoisotopic (exact) mass is 499 g/mol. The Labute approximate surface area is 212 Å². The van der Waals surface area contributed by atoms with Crippen LogP contribution in [0.3, 0.4) is 0 Å². The fourth-order valence-corrected chi connectivity index (χ4v) is 4.49. The minimum absolute atomic E-state index is 0.114. The zero-order chi connectivity index (χ0) is 26.2. The van der Waals surface area contributed by atoms with Crippen LogP contribution in [0.2, 0.25) is 0 Å². The van der Waals surface area contributed by atoms with Crippen LogP contribution in [0.1, 0.15) is 31.9 Å². The molecule has 2 N–H and O–H groups in total. The van der Waals surface area contributed by atoms with Crippen LogP contribution in [0.15, 0.2) is 54.6 Å². The Kier molecular flexibility index (Phi) is 9.87. The van der Waals surface area contributed by atoms with E-state index in [1.54, 1.807) is 21.0 Å². The van der Waals surface area contributed by atoms with Crippen LogP contribution in [0.25, 0.3) is 0 Å². The highest BCUT2D eigenvalue weighted by Crippen LogP contribution is 2.26. The molecule has 8 nitrogen and oxygen atoms in total. The van der Waals surface area contributed by atoms with E-state index in [2.05, 4.69) is 0 Å². The molecule has 196 valence electrons. The average Bonchev–Trinajstić information content (AvgIpc) is 3.26. The summed E-state index contributed by atoms with van der Waals surface area (Å²) in [5.74, 6) is -1.53. The summed E-state index contributed by atoms with van der Waals surface area (Å²) in [4.78, 5) is 26.7. The number of nitrogens with zero attached hydrogens (tertiary/aromatic N) is 1. The zero-order valence-electron chi connectivity index (χ0n) is 21.4. The van der Waals surface area contributed by atoms with Crippen LogP contribution in [0.5, 0.6) is 5.75 Å². The largest absolute Gasteiger partial charge is 0.497 e. The van der Waals surface area contributed by atoms with Gasteiger partial charge >= 0.3 is 6.09 Å². The number of aliphatic hydroxyl groups excluding tert-OH is 2. The van der Waals surface area contributed by atoms with E-state index >= 15 is 0 Å². The number of hydrogen-bond acceptors (Lipinski definition) is 7. The Morgan fingerprint density at radius 1 is 1.03 bits per heavy atom. The Morgan fingerprint density at radius 3 is 2.33 bits per heavy atom. The summed E-state index contributed by atoms with van der Waals surface area (Å²) in [7, 11) is 1.61. The van der Waals surface area contributed by atoms with Gasteiger partial charge in [-0.1, -0.05) is 63.2 Å². The maximum absolute atomic E-state index is 13.2. The number of carbonyl (C=O) groups is 2. The summed E-state index contributed by atoms with van der Waals surface area (Å²) in [5, 5.41) is 21.8. The number of carbonyl (C=O) groups excluding carboxylic acids is 2. The van der Waals surface area contributed by atoms with Gasteiger partial charge in [0.25, 0.3) is 0 Å². The summed E-state index contributed by atoms with van der Waals surface area (Å²) < 4.78 is 16.1. The highest BCUT2D eigenvalue weighted by atomic mass is 16.6. The molecule has 0 saturated carbocycles. The number of imide groups is 1. The molecule has 1 aliphatic heterocycles. The van der Waals surface area contributed by atoms with Crippen molar-refractivity contribution in [1.29, 1.82) is 0 Å². The molecular weight excluding hydrogens is 462 g/mol. The Balaban J connectivity index is 1.53. The summed E-state index contributed by atoms with van der Waals surface area (Å²) in [6, 6.07) is 16.7. The van der Waals surface area contributed by atoms with E-state index in [0.29, 0.717) is 13.0 Å². The second kappa shape index (κ2) is 12.9. The summed E-state index contributed by atoms with van der Waals surface area (Å²) in [6.45, 7) is 5.89. The van der Waals surface area contributed by atoms with Crippen molar-refractivity contribution in [2.75, 3.05) is 20.3 Å². The first-order chi connectivity index (χ1) is 17.2. The number of amides is 2. The molecule has 0 aliphatic carbocycles. The van der Waals surface area contributed by atoms with E-state index in [9.17, 15) is 19.8 Å². The molecule has 0 aromatic heterocycles. The SMILES string of the molecule is COc1ccc(COC[C@@H](C)[C@@H](O)[C@H](C)[C@@H](O)[C@H](C)C(=O)N2C(=O)OC[C@@H]2Cc2ccccc2)cc1. The van der Waals surface area contributed by atoms with Gasteiger partial charge in [0.2, 0.25) is 5.91 Å². The van der Waals surface area contributed by atoms with E-state index in [0.717, 1.165) is 21.8 Å². The second-order valence-corrected chi connectivity index (χ2v) is 9.60. The molecule has 1 saturated heterocycles. The molecule has 0 bridgehead atoms. The molecule has 2 amide bonds. The molecule has 0 unspecified atom stereocenters. The van der Waals surface area contributed by atoms with Crippen molar-refractivity contribution in [2.24, 2.45) is 17.8 Å². The number of rotatable bonds is 12. The first-order valence-corrected chi connectivity index (χ1v) is 12.3. The second-order valence-electron chi connectivity index (χ2n) is 9.60. The third kappa shape index (κ3) is 6.84. The minimum Gasteiger partial charge on any atom is -0.497 e. The third-order valence-corrected chi connectivity index (χ3v) is 6.88. The van der Waals surface area contributed by atoms with Crippen LogP contribution in [-0.4, -0.2) is 65.7 Å². The predicted molar refractivity (Wildman–Crippen MR) is 134 cm³/mol. The van der Waals surface area contributed by atoms with Gasteiger partial charge in [0.05, 0.1) is 44.5 Å². The van der Waals surface area contributed by atoms with Crippen LogP contribution >= 0.6 is 0 Å². The van der Waals surface area contributed by atoms with Crippen molar-refractivity contribution in [2.45, 2.75) is 52.0 Å². The molecule has 8 heteroatoms. The van der Waals surface area contributed by atoms with E-state index in [4.69, 9.17) is 14.2 Å². The van der Waals surface area contributed by atoms with Gasteiger partial charge in [-0.3, -0.25) is 4.79 Å². The summed E-state index contributed by atoms with van der Waals surface area (Å²) >= 11 is 0. The standard InChI is InChI=1S/C28H37NO7/c1-18(15-35-16-22-10-12-24(34-4)13-11-22)25(30)19(2)26(31)20(3)27(32)29-23(17-36-28(29)33)14-21-8-6-5-7-9-21/h5-13,18-20,23,25-26,30-31H,14-17H2,1-4H3/t18-,19+,20+,23+,25-,26-/m1/s1. The average molecular weight is 500 g/mol. The molecule has 0 radical (unpaired) electrons. The lowest BCUT2D eigenvalue weighted by atomic mass is 9.84. The lowest BCUT2D eigenvalue weighted by molar-refractivity contribution is -0.139. The van der Waals surface area contributed by atoms with Crippen molar-refractivity contribution in [3.8, 4) is 5.75 Å². The first-order valence-electron chi connectivity index (χ1n) is 12.3. The van der Waals surface area contributed by atoms with Gasteiger partial charge in [0.1, 0.15) is 12.4 Å². The van der Waals surface area contributed by atoms with Crippen molar-refractivity contribution < 1.29 is 34.0 Å². The Bertz CT molecular complexity index is 981. The number of aliphatic hydroxyl groups is 2. The quantitative estimate of drug-likeness (QED) is 0.461. The van der Waals surface area contributed by atoms with Gasteiger partial charge in [0, 0.05) is 11.8 Å². The van der Waals surface area contributed by atoms with Crippen LogP contribution in [-0.2, 0) is 27.3 Å². The van der Waals surface area contributed by atoms with Crippen LogP contribution < -0.4 is 4.74 Å². The molecule has 6 atom stereocenters. The van der Waals surface area contributed by atoms with Crippen LogP contribution in [0.4, 0.5) is 4.79 Å². The van der Waals surface area contributed by atoms with Crippen molar-refractivity contribution in [3.63, 3.8) is 0 Å². The molecule has 36 heavy (non-hydrogen) atoms. The Hall–Kier alpha value is -2.94. The molecule has 2 aromatic carbocycles. The van der Waals surface area contributed by atoms with Gasteiger partial charge in [-0.15, -0.1) is 0 Å². The smallest absolute Gasteiger partial charge is 0.416 e. The number of cyclic esters (lactones) is 1. The highest BCUT2D eigenvalue weighted by molar-refractivity contribution is 5.95. The fourth-order valence-electron chi connectivity index (χ4n) is 4.49. The molecule has 1 heterocycles. The Morgan fingerprint density at radius 2 is 1.69 bits per heavy atom. The summed E-state index contributed by atoms with van der Waals surface area (Å²) in [6.07, 6.45) is -2.28. The minimum atomic E-state index is -1.15. The fraction of sp³-hybridized carbons (Fsp3) is 0.500. The van der Waals surface area contributed by atoms with Gasteiger partial charge in [-0.05, 0) is 29.7 Å². The lowest BCUT2D eigenvalue weighted by Crippen LogP contribution is -2.48. The van der Waals surface area contributed by atoms with Crippen molar-refractivity contribution in [3.05, 3.63) is 65.7 Å². The normalized spacial score (nSPS) is 19.8. The first kappa shape index (κ1) is 27.6. The van der Waals surface area contributed by atoms with Gasteiger partial charge < -0.3 is 24.4 Å². The maximum atomic E-state index is 13.2. The molecule has 3 rings (SSSR count). The van der Waals surface area contributed by atoms with E-state index in [1.807, 2.05) is 61.5 Å². The van der Waals surface area contributed by atoms with Gasteiger partial charge in [-0.2, -0.15) is 0 Å². The molecule has 2 aromatic rings. The number of methoxy groups -OCH3 is 1. The van der Waals surface area contributed by atoms with Gasteiger partial charge in [0.15, 0.2) is 0 Å². The molecule has 1 fully saturated rings. The van der Waals surface area contributed by atoms with E-state index in [1.165, 1.54) is 0 Å². The predicted octanol–water partition coefficient (Wildman–Crippen LogP) is 3.43. The molecule has 1 aliphatic rings. The molecule has 0 spiro atoms. The topological polar surface area (TPSA) is 106 Å². The van der Waals surface area contributed by atoms with E-state index in [-0.39, 0.29) is 19.1 Å². The molecular formula is C28H37NO7. The third-order valence-electron chi connectivity index (χ3n) is 6.88. The van der Waals surface area contributed by atoms with Crippen molar-refractivity contribution in [1.82, 2.24) is 4.90 Å². The number of ether oxygens (including phenoxy) is 3. The maximum Gasteiger partial charge on any atom is 0.416 e. The lowest BCUT2D eigenvalue weighted by Gasteiger charge is -2.32.